The molecule has 6 atom stereocenters. The Kier molecular flexibility index (Phi) is 10.9. The Hall–Kier alpha value is -2.07. The molecule has 0 aromatic heterocycles. The molecule has 2 aromatic rings. The van der Waals surface area contributed by atoms with E-state index in [1.165, 1.54) is 0 Å². The van der Waals surface area contributed by atoms with Crippen LogP contribution in [0, 0.1) is 0 Å². The third-order valence-corrected chi connectivity index (χ3v) is 14.7. The average molecular weight is 627 g/mol. The third kappa shape index (κ3) is 8.39. The van der Waals surface area contributed by atoms with Crippen molar-refractivity contribution in [1.29, 1.82) is 0 Å². The number of benzene rings is 2. The Balaban J connectivity index is 1.58. The van der Waals surface area contributed by atoms with Crippen molar-refractivity contribution < 1.29 is 33.3 Å². The van der Waals surface area contributed by atoms with Crippen molar-refractivity contribution in [3.05, 3.63) is 71.8 Å². The minimum atomic E-state index is -2.20. The van der Waals surface area contributed by atoms with E-state index in [9.17, 15) is 9.90 Å². The normalized spacial score (nSPS) is 31.0. The van der Waals surface area contributed by atoms with Crippen LogP contribution in [0.4, 0.5) is 0 Å². The molecule has 0 aliphatic carbocycles. The summed E-state index contributed by atoms with van der Waals surface area (Å²) in [5, 5.41) is 9.62. The summed E-state index contributed by atoms with van der Waals surface area (Å²) in [7, 11) is -2.20. The van der Waals surface area contributed by atoms with E-state index in [-0.39, 0.29) is 29.8 Å². The summed E-state index contributed by atoms with van der Waals surface area (Å²) in [5.41, 5.74) is 0.167. The fourth-order valence-corrected chi connectivity index (χ4v) is 7.64. The molecule has 2 fully saturated rings. The van der Waals surface area contributed by atoms with Crippen LogP contribution in [0.5, 0.6) is 0 Å². The van der Waals surface area contributed by atoms with Crippen LogP contribution >= 0.6 is 0 Å². The Morgan fingerprint density at radius 3 is 2.07 bits per heavy atom. The number of carbonyl (C=O) groups is 1. The third-order valence-electron chi connectivity index (χ3n) is 10.2. The molecule has 7 nitrogen and oxygen atoms in total. The lowest BCUT2D eigenvalue weighted by atomic mass is 9.73. The minimum Gasteiger partial charge on any atom is -0.481 e. The fraction of sp³-hybridized carbons (Fsp3) is 0.639. The topological polar surface area (TPSA) is 83.5 Å². The van der Waals surface area contributed by atoms with E-state index < -0.39 is 31.1 Å². The largest absolute Gasteiger partial charge is 0.481 e. The first kappa shape index (κ1) is 34.8. The van der Waals surface area contributed by atoms with Gasteiger partial charge in [0.2, 0.25) is 0 Å². The van der Waals surface area contributed by atoms with Gasteiger partial charge in [-0.05, 0) is 56.5 Å². The minimum absolute atomic E-state index is 0.00411. The number of ether oxygens (including phenoxy) is 4. The molecule has 2 aliphatic rings. The molecule has 2 saturated heterocycles. The molecule has 2 heterocycles. The van der Waals surface area contributed by atoms with Gasteiger partial charge >= 0.3 is 5.97 Å². The van der Waals surface area contributed by atoms with Crippen molar-refractivity contribution in [3.63, 3.8) is 0 Å². The molecule has 0 amide bonds. The van der Waals surface area contributed by atoms with E-state index >= 15 is 0 Å². The first-order valence-electron chi connectivity index (χ1n) is 16.1. The maximum atomic E-state index is 11.7. The fourth-order valence-electron chi connectivity index (χ4n) is 6.23. The van der Waals surface area contributed by atoms with Gasteiger partial charge in [0, 0.05) is 32.3 Å². The van der Waals surface area contributed by atoms with Gasteiger partial charge in [-0.3, -0.25) is 4.79 Å². The van der Waals surface area contributed by atoms with E-state index in [2.05, 4.69) is 72.0 Å². The SMILES string of the molecule is CC(C)(C)[Si](C)(C)O[C@H]1C[C@H]2O[C@@](C)(CCOCc3ccccc3)[C@H](OCc3ccccc3)C[C@]2(C)O[C@]1(C)CCC(=O)O. The van der Waals surface area contributed by atoms with Gasteiger partial charge in [0.25, 0.3) is 0 Å². The zero-order valence-electron chi connectivity index (χ0n) is 28.1. The van der Waals surface area contributed by atoms with Crippen molar-refractivity contribution in [3.8, 4) is 0 Å². The predicted octanol–water partition coefficient (Wildman–Crippen LogP) is 7.92. The van der Waals surface area contributed by atoms with E-state index in [0.717, 1.165) is 11.1 Å². The second-order valence-corrected chi connectivity index (χ2v) is 19.7. The highest BCUT2D eigenvalue weighted by Crippen LogP contribution is 2.51. The first-order chi connectivity index (χ1) is 20.6. The Labute approximate surface area is 265 Å². The molecular weight excluding hydrogens is 572 g/mol. The van der Waals surface area contributed by atoms with Crippen LogP contribution in [0.2, 0.25) is 18.1 Å². The molecule has 2 aromatic carbocycles. The van der Waals surface area contributed by atoms with Gasteiger partial charge in [0.05, 0.1) is 48.3 Å². The highest BCUT2D eigenvalue weighted by atomic mass is 28.4. The van der Waals surface area contributed by atoms with Crippen LogP contribution in [0.1, 0.15) is 84.8 Å². The molecule has 4 rings (SSSR count). The summed E-state index contributed by atoms with van der Waals surface area (Å²) in [5.74, 6) is -0.833. The maximum absolute atomic E-state index is 11.7. The Morgan fingerprint density at radius 1 is 0.909 bits per heavy atom. The van der Waals surface area contributed by atoms with Gasteiger partial charge in [0.1, 0.15) is 0 Å². The standard InChI is InChI=1S/C36H54O7Si/c1-33(2,3)44(7,8)42-30-23-29-36(6,43-35(30,5)20-19-32(37)38)24-31(40-26-28-17-13-10-14-18-28)34(4,41-29)21-22-39-25-27-15-11-9-12-16-27/h9-18,29-31H,19-26H2,1-8H3,(H,37,38)/t29-,30+,31-,34+,35-,36+/m1/s1. The van der Waals surface area contributed by atoms with Crippen LogP contribution in [-0.4, -0.2) is 61.1 Å². The number of carboxylic acid groups (broad SMARTS) is 1. The van der Waals surface area contributed by atoms with Gasteiger partial charge in [-0.2, -0.15) is 0 Å². The second kappa shape index (κ2) is 13.7. The van der Waals surface area contributed by atoms with Crippen LogP contribution < -0.4 is 0 Å². The number of hydrogen-bond donors (Lipinski definition) is 1. The van der Waals surface area contributed by atoms with Crippen molar-refractivity contribution in [1.82, 2.24) is 0 Å². The maximum Gasteiger partial charge on any atom is 0.303 e. The average Bonchev–Trinajstić information content (AvgIpc) is 2.95. The Morgan fingerprint density at radius 2 is 1.50 bits per heavy atom. The molecular formula is C36H54O7Si. The molecule has 244 valence electrons. The molecule has 8 heteroatoms. The number of rotatable bonds is 13. The Bertz CT molecular complexity index is 1220. The predicted molar refractivity (Wildman–Crippen MR) is 175 cm³/mol. The number of carboxylic acids is 1. The molecule has 0 bridgehead atoms. The second-order valence-electron chi connectivity index (χ2n) is 14.9. The van der Waals surface area contributed by atoms with Gasteiger partial charge in [0.15, 0.2) is 8.32 Å². The summed E-state index contributed by atoms with van der Waals surface area (Å²) < 4.78 is 33.9. The van der Waals surface area contributed by atoms with E-state index in [4.69, 9.17) is 23.4 Å². The highest BCUT2D eigenvalue weighted by Gasteiger charge is 2.61. The zero-order valence-corrected chi connectivity index (χ0v) is 29.1. The van der Waals surface area contributed by atoms with E-state index in [0.29, 0.717) is 45.5 Å². The molecule has 2 aliphatic heterocycles. The molecule has 0 saturated carbocycles. The summed E-state index contributed by atoms with van der Waals surface area (Å²) in [6, 6.07) is 20.4. The molecule has 0 radical (unpaired) electrons. The van der Waals surface area contributed by atoms with E-state index in [1.54, 1.807) is 0 Å². The monoisotopic (exact) mass is 626 g/mol. The van der Waals surface area contributed by atoms with Crippen molar-refractivity contribution in [2.45, 2.75) is 140 Å². The summed E-state index contributed by atoms with van der Waals surface area (Å²) in [6.45, 7) is 18.9. The summed E-state index contributed by atoms with van der Waals surface area (Å²) >= 11 is 0. The molecule has 44 heavy (non-hydrogen) atoms. The highest BCUT2D eigenvalue weighted by molar-refractivity contribution is 6.74. The van der Waals surface area contributed by atoms with Crippen molar-refractivity contribution >= 4 is 14.3 Å². The zero-order chi connectivity index (χ0) is 32.2. The van der Waals surface area contributed by atoms with Gasteiger partial charge in [-0.1, -0.05) is 81.4 Å². The lowest BCUT2D eigenvalue weighted by Gasteiger charge is -2.60. The van der Waals surface area contributed by atoms with Gasteiger partial charge < -0.3 is 28.5 Å². The number of fused-ring (bicyclic) bond motifs is 1. The number of hydrogen-bond acceptors (Lipinski definition) is 6. The summed E-state index contributed by atoms with van der Waals surface area (Å²) in [6.07, 6.45) is 1.50. The lowest BCUT2D eigenvalue weighted by Crippen LogP contribution is -2.70. The van der Waals surface area contributed by atoms with Crippen LogP contribution in [-0.2, 0) is 41.4 Å². The van der Waals surface area contributed by atoms with Crippen molar-refractivity contribution in [2.24, 2.45) is 0 Å². The van der Waals surface area contributed by atoms with Crippen LogP contribution in [0.25, 0.3) is 0 Å². The smallest absolute Gasteiger partial charge is 0.303 e. The van der Waals surface area contributed by atoms with Gasteiger partial charge in [-0.25, -0.2) is 0 Å². The quantitative estimate of drug-likeness (QED) is 0.179. The van der Waals surface area contributed by atoms with Crippen LogP contribution in [0.3, 0.4) is 0 Å². The lowest BCUT2D eigenvalue weighted by molar-refractivity contribution is -0.338. The van der Waals surface area contributed by atoms with Gasteiger partial charge in [-0.15, -0.1) is 0 Å². The molecule has 0 unspecified atom stereocenters. The molecule has 0 spiro atoms. The summed E-state index contributed by atoms with van der Waals surface area (Å²) in [4.78, 5) is 11.7. The number of aliphatic carboxylic acids is 1. The van der Waals surface area contributed by atoms with Crippen LogP contribution in [0.15, 0.2) is 60.7 Å². The van der Waals surface area contributed by atoms with E-state index in [1.807, 2.05) is 43.3 Å². The van der Waals surface area contributed by atoms with Crippen molar-refractivity contribution in [2.75, 3.05) is 6.61 Å². The first-order valence-corrected chi connectivity index (χ1v) is 19.0. The molecule has 1 N–H and O–H groups in total.